The Morgan fingerprint density at radius 1 is 1.17 bits per heavy atom. The standard InChI is InChI=1S/C18H16ClN3OS/c1-12(24-14-8-6-13(19)7-9-14)17(23)22-11-10-21-16-5-3-2-4-15(16)20-18(21)22/h2-9,12H,10-11H2,1H3. The molecule has 0 bridgehead atoms. The zero-order valence-electron chi connectivity index (χ0n) is 13.1. The van der Waals surface area contributed by atoms with E-state index in [9.17, 15) is 4.79 Å². The van der Waals surface area contributed by atoms with Crippen LogP contribution in [0.15, 0.2) is 53.4 Å². The Morgan fingerprint density at radius 2 is 1.92 bits per heavy atom. The topological polar surface area (TPSA) is 38.1 Å². The van der Waals surface area contributed by atoms with Gasteiger partial charge in [-0.3, -0.25) is 9.69 Å². The van der Waals surface area contributed by atoms with Crippen LogP contribution in [0.25, 0.3) is 11.0 Å². The first kappa shape index (κ1) is 15.5. The van der Waals surface area contributed by atoms with Crippen LogP contribution in [0.5, 0.6) is 0 Å². The summed E-state index contributed by atoms with van der Waals surface area (Å²) in [4.78, 5) is 20.4. The van der Waals surface area contributed by atoms with E-state index in [2.05, 4.69) is 9.55 Å². The van der Waals surface area contributed by atoms with Gasteiger partial charge >= 0.3 is 0 Å². The Kier molecular flexibility index (Phi) is 3.98. The molecular formula is C18H16ClN3OS. The third kappa shape index (κ3) is 2.68. The second-order valence-corrected chi connectivity index (χ2v) is 7.61. The largest absolute Gasteiger partial charge is 0.308 e. The number of thioether (sulfide) groups is 1. The van der Waals surface area contributed by atoms with Crippen LogP contribution in [0.4, 0.5) is 5.95 Å². The third-order valence-electron chi connectivity index (χ3n) is 4.16. The van der Waals surface area contributed by atoms with E-state index >= 15 is 0 Å². The fraction of sp³-hybridized carbons (Fsp3) is 0.222. The Hall–Kier alpha value is -1.98. The molecule has 1 aliphatic heterocycles. The average molecular weight is 358 g/mol. The van der Waals surface area contributed by atoms with E-state index < -0.39 is 0 Å². The minimum absolute atomic E-state index is 0.0870. The van der Waals surface area contributed by atoms with Crippen LogP contribution >= 0.6 is 23.4 Å². The number of hydrogen-bond donors (Lipinski definition) is 0. The molecule has 6 heteroatoms. The van der Waals surface area contributed by atoms with Crippen molar-refractivity contribution >= 4 is 46.3 Å². The fourth-order valence-electron chi connectivity index (χ4n) is 2.99. The average Bonchev–Trinajstić information content (AvgIpc) is 3.15. The maximum Gasteiger partial charge on any atom is 0.242 e. The number of hydrogen-bond acceptors (Lipinski definition) is 3. The van der Waals surface area contributed by atoms with Crippen molar-refractivity contribution in [3.63, 3.8) is 0 Å². The highest BCUT2D eigenvalue weighted by molar-refractivity contribution is 8.00. The molecule has 1 aromatic heterocycles. The number of anilines is 1. The number of halogens is 1. The summed E-state index contributed by atoms with van der Waals surface area (Å²) >= 11 is 7.46. The van der Waals surface area contributed by atoms with Crippen molar-refractivity contribution in [2.45, 2.75) is 23.6 Å². The smallest absolute Gasteiger partial charge is 0.242 e. The summed E-state index contributed by atoms with van der Waals surface area (Å²) in [6.07, 6.45) is 0. The first-order valence-corrected chi connectivity index (χ1v) is 9.08. The molecule has 0 spiro atoms. The van der Waals surface area contributed by atoms with Crippen LogP contribution in [-0.2, 0) is 11.3 Å². The molecule has 0 N–H and O–H groups in total. The Labute approximate surface area is 149 Å². The van der Waals surface area contributed by atoms with Gasteiger partial charge in [-0.1, -0.05) is 23.7 Å². The maximum absolute atomic E-state index is 12.9. The summed E-state index contributed by atoms with van der Waals surface area (Å²) in [5, 5.41) is 0.518. The predicted molar refractivity (Wildman–Crippen MR) is 98.9 cm³/mol. The second kappa shape index (κ2) is 6.15. The van der Waals surface area contributed by atoms with Gasteiger partial charge in [-0.15, -0.1) is 11.8 Å². The quantitative estimate of drug-likeness (QED) is 0.659. The van der Waals surface area contributed by atoms with Crippen LogP contribution < -0.4 is 4.90 Å². The Bertz CT molecular complexity index is 906. The summed E-state index contributed by atoms with van der Waals surface area (Å²) in [5.74, 6) is 0.841. The van der Waals surface area contributed by atoms with Crippen LogP contribution in [0.1, 0.15) is 6.92 Å². The Balaban J connectivity index is 1.56. The number of fused-ring (bicyclic) bond motifs is 3. The van der Waals surface area contributed by atoms with E-state index in [0.717, 1.165) is 28.4 Å². The molecule has 4 rings (SSSR count). The summed E-state index contributed by atoms with van der Waals surface area (Å²) in [6.45, 7) is 3.41. The number of rotatable bonds is 3. The highest BCUT2D eigenvalue weighted by Gasteiger charge is 2.31. The molecule has 1 aliphatic rings. The van der Waals surface area contributed by atoms with Gasteiger partial charge in [0, 0.05) is 23.0 Å². The first-order valence-electron chi connectivity index (χ1n) is 7.82. The Morgan fingerprint density at radius 3 is 2.71 bits per heavy atom. The van der Waals surface area contributed by atoms with Crippen LogP contribution in [0, 0.1) is 0 Å². The lowest BCUT2D eigenvalue weighted by molar-refractivity contribution is -0.117. The number of nitrogens with zero attached hydrogens (tertiary/aromatic N) is 3. The van der Waals surface area contributed by atoms with Crippen molar-refractivity contribution < 1.29 is 4.79 Å². The van der Waals surface area contributed by atoms with Gasteiger partial charge in [0.2, 0.25) is 11.9 Å². The zero-order valence-corrected chi connectivity index (χ0v) is 14.7. The molecule has 2 aromatic carbocycles. The summed E-state index contributed by atoms with van der Waals surface area (Å²) in [7, 11) is 0. The number of carbonyl (C=O) groups excluding carboxylic acids is 1. The van der Waals surface area contributed by atoms with Crippen LogP contribution in [-0.4, -0.2) is 27.3 Å². The summed E-state index contributed by atoms with van der Waals surface area (Å²) < 4.78 is 2.12. The molecular weight excluding hydrogens is 342 g/mol. The van der Waals surface area contributed by atoms with Crippen molar-refractivity contribution in [3.05, 3.63) is 53.6 Å². The van der Waals surface area contributed by atoms with Crippen molar-refractivity contribution in [3.8, 4) is 0 Å². The third-order valence-corrected chi connectivity index (χ3v) is 5.51. The highest BCUT2D eigenvalue weighted by Crippen LogP contribution is 2.31. The lowest BCUT2D eigenvalue weighted by atomic mass is 10.3. The molecule has 0 saturated carbocycles. The van der Waals surface area contributed by atoms with Gasteiger partial charge in [0.1, 0.15) is 0 Å². The summed E-state index contributed by atoms with van der Waals surface area (Å²) in [6, 6.07) is 15.6. The molecule has 0 saturated heterocycles. The van der Waals surface area contributed by atoms with Gasteiger partial charge in [-0.25, -0.2) is 4.98 Å². The number of aromatic nitrogens is 2. The minimum Gasteiger partial charge on any atom is -0.308 e. The predicted octanol–water partition coefficient (Wildman–Crippen LogP) is 4.22. The molecule has 1 atom stereocenters. The summed E-state index contributed by atoms with van der Waals surface area (Å²) in [5.41, 5.74) is 2.02. The first-order chi connectivity index (χ1) is 11.6. The van der Waals surface area contributed by atoms with Gasteiger partial charge in [-0.05, 0) is 43.3 Å². The van der Waals surface area contributed by atoms with E-state index in [0.29, 0.717) is 11.6 Å². The van der Waals surface area contributed by atoms with Crippen molar-refractivity contribution in [1.29, 1.82) is 0 Å². The molecule has 122 valence electrons. The number of amides is 1. The van der Waals surface area contributed by atoms with Gasteiger partial charge < -0.3 is 4.57 Å². The van der Waals surface area contributed by atoms with Gasteiger partial charge in [0.15, 0.2) is 0 Å². The monoisotopic (exact) mass is 357 g/mol. The van der Waals surface area contributed by atoms with Crippen LogP contribution in [0.3, 0.4) is 0 Å². The van der Waals surface area contributed by atoms with Crippen molar-refractivity contribution in [2.24, 2.45) is 0 Å². The normalized spacial score (nSPS) is 14.8. The zero-order chi connectivity index (χ0) is 16.7. The second-order valence-electron chi connectivity index (χ2n) is 5.76. The lowest BCUT2D eigenvalue weighted by Gasteiger charge is -2.18. The molecule has 0 aliphatic carbocycles. The SMILES string of the molecule is CC(Sc1ccc(Cl)cc1)C(=O)N1CCn2c1nc1ccccc12. The molecule has 0 radical (unpaired) electrons. The number of para-hydroxylation sites is 2. The molecule has 2 heterocycles. The van der Waals surface area contributed by atoms with Gasteiger partial charge in [0.25, 0.3) is 0 Å². The number of carbonyl (C=O) groups is 1. The van der Waals surface area contributed by atoms with E-state index in [4.69, 9.17) is 11.6 Å². The molecule has 24 heavy (non-hydrogen) atoms. The van der Waals surface area contributed by atoms with E-state index in [1.807, 2.05) is 55.5 Å². The van der Waals surface area contributed by atoms with Crippen molar-refractivity contribution in [1.82, 2.24) is 9.55 Å². The van der Waals surface area contributed by atoms with Gasteiger partial charge in [0.05, 0.1) is 16.3 Å². The number of benzene rings is 2. The van der Waals surface area contributed by atoms with Gasteiger partial charge in [-0.2, -0.15) is 0 Å². The number of imidazole rings is 1. The van der Waals surface area contributed by atoms with Crippen molar-refractivity contribution in [2.75, 3.05) is 11.4 Å². The molecule has 4 nitrogen and oxygen atoms in total. The fourth-order valence-corrected chi connectivity index (χ4v) is 4.04. The highest BCUT2D eigenvalue weighted by atomic mass is 35.5. The van der Waals surface area contributed by atoms with Crippen LogP contribution in [0.2, 0.25) is 5.02 Å². The van der Waals surface area contributed by atoms with E-state index in [1.165, 1.54) is 0 Å². The van der Waals surface area contributed by atoms with E-state index in [-0.39, 0.29) is 11.2 Å². The molecule has 0 fully saturated rings. The lowest BCUT2D eigenvalue weighted by Crippen LogP contribution is -2.35. The molecule has 1 amide bonds. The maximum atomic E-state index is 12.9. The molecule has 3 aromatic rings. The minimum atomic E-state index is -0.183. The molecule has 1 unspecified atom stereocenters. The van der Waals surface area contributed by atoms with E-state index in [1.54, 1.807) is 16.7 Å².